The predicted octanol–water partition coefficient (Wildman–Crippen LogP) is 3.66. The molecule has 0 spiro atoms. The summed E-state index contributed by atoms with van der Waals surface area (Å²) < 4.78 is 0. The highest BCUT2D eigenvalue weighted by Crippen LogP contribution is 2.18. The molecule has 28 heavy (non-hydrogen) atoms. The largest absolute Gasteiger partial charge is 0.370 e. The highest BCUT2D eigenvalue weighted by Gasteiger charge is 2.08. The Morgan fingerprint density at radius 3 is 2.71 bits per heavy atom. The summed E-state index contributed by atoms with van der Waals surface area (Å²) in [4.78, 5) is 18.8. The molecule has 0 fully saturated rings. The summed E-state index contributed by atoms with van der Waals surface area (Å²) in [6.45, 7) is 6.49. The molecule has 6 nitrogen and oxygen atoms in total. The number of hydrogen-bond donors (Lipinski definition) is 2. The molecule has 0 radical (unpaired) electrons. The minimum absolute atomic E-state index is 0.0465. The molecule has 146 valence electrons. The number of aryl methyl sites for hydroxylation is 1. The standard InChI is InChI=1S/C21H25N5OS/c1-3-26(19-6-4-5-16(2)13-19)12-11-22-20(27)18-9-7-17(8-10-18)14-28-21-23-15-24-25-21/h4-10,13,15H,3,11-12,14H2,1-2H3,(H,22,27)(H,23,24,25). The van der Waals surface area contributed by atoms with Crippen molar-refractivity contribution in [3.05, 3.63) is 71.5 Å². The maximum atomic E-state index is 12.4. The number of nitrogens with one attached hydrogen (secondary N) is 2. The first-order chi connectivity index (χ1) is 13.7. The van der Waals surface area contributed by atoms with E-state index in [4.69, 9.17) is 0 Å². The van der Waals surface area contributed by atoms with Crippen LogP contribution in [0.1, 0.15) is 28.4 Å². The molecule has 0 saturated carbocycles. The van der Waals surface area contributed by atoms with Gasteiger partial charge in [0.1, 0.15) is 6.33 Å². The fourth-order valence-electron chi connectivity index (χ4n) is 2.87. The molecule has 0 atom stereocenters. The lowest BCUT2D eigenvalue weighted by Gasteiger charge is -2.23. The summed E-state index contributed by atoms with van der Waals surface area (Å²) in [5.41, 5.74) is 4.23. The molecule has 1 aromatic heterocycles. The Balaban J connectivity index is 1.47. The Bertz CT molecular complexity index is 880. The molecule has 2 N–H and O–H groups in total. The van der Waals surface area contributed by atoms with Crippen molar-refractivity contribution in [1.82, 2.24) is 20.5 Å². The quantitative estimate of drug-likeness (QED) is 0.541. The number of amides is 1. The first kappa shape index (κ1) is 19.9. The monoisotopic (exact) mass is 395 g/mol. The van der Waals surface area contributed by atoms with Crippen LogP contribution in [0.4, 0.5) is 5.69 Å². The zero-order valence-corrected chi connectivity index (χ0v) is 17.0. The van der Waals surface area contributed by atoms with E-state index in [1.54, 1.807) is 11.8 Å². The summed E-state index contributed by atoms with van der Waals surface area (Å²) in [5, 5.41) is 10.5. The minimum Gasteiger partial charge on any atom is -0.370 e. The number of benzene rings is 2. The van der Waals surface area contributed by atoms with E-state index in [0.717, 1.165) is 29.6 Å². The Morgan fingerprint density at radius 1 is 1.21 bits per heavy atom. The number of carbonyl (C=O) groups excluding carboxylic acids is 1. The second kappa shape index (κ2) is 9.94. The number of carbonyl (C=O) groups is 1. The van der Waals surface area contributed by atoms with Crippen LogP contribution in [-0.4, -0.2) is 40.7 Å². The molecule has 0 aliphatic rings. The van der Waals surface area contributed by atoms with E-state index >= 15 is 0 Å². The van der Waals surface area contributed by atoms with Crippen LogP contribution in [0.3, 0.4) is 0 Å². The number of likely N-dealkylation sites (N-methyl/N-ethyl adjacent to an activating group) is 1. The minimum atomic E-state index is -0.0465. The molecule has 2 aromatic carbocycles. The van der Waals surface area contributed by atoms with E-state index in [-0.39, 0.29) is 5.91 Å². The number of hydrogen-bond acceptors (Lipinski definition) is 5. The van der Waals surface area contributed by atoms with E-state index in [1.807, 2.05) is 24.3 Å². The highest BCUT2D eigenvalue weighted by atomic mass is 32.2. The van der Waals surface area contributed by atoms with Crippen LogP contribution in [0.15, 0.2) is 60.0 Å². The van der Waals surface area contributed by atoms with Gasteiger partial charge in [-0.1, -0.05) is 36.0 Å². The van der Waals surface area contributed by atoms with E-state index in [9.17, 15) is 4.79 Å². The van der Waals surface area contributed by atoms with Gasteiger partial charge < -0.3 is 10.2 Å². The van der Waals surface area contributed by atoms with Crippen molar-refractivity contribution in [1.29, 1.82) is 0 Å². The number of nitrogens with zero attached hydrogens (tertiary/aromatic N) is 3. The van der Waals surface area contributed by atoms with Gasteiger partial charge in [0.25, 0.3) is 5.91 Å². The number of H-pyrrole nitrogens is 1. The van der Waals surface area contributed by atoms with Gasteiger partial charge in [0.15, 0.2) is 5.16 Å². The Kier molecular flexibility index (Phi) is 7.08. The number of thioether (sulfide) groups is 1. The molecule has 1 amide bonds. The second-order valence-electron chi connectivity index (χ2n) is 6.45. The Labute approximate surface area is 169 Å². The van der Waals surface area contributed by atoms with Crippen LogP contribution in [0.25, 0.3) is 0 Å². The Hall–Kier alpha value is -2.80. The van der Waals surface area contributed by atoms with Gasteiger partial charge in [0.2, 0.25) is 0 Å². The number of anilines is 1. The van der Waals surface area contributed by atoms with Gasteiger partial charge in [-0.25, -0.2) is 4.98 Å². The van der Waals surface area contributed by atoms with Crippen molar-refractivity contribution in [3.63, 3.8) is 0 Å². The lowest BCUT2D eigenvalue weighted by atomic mass is 10.1. The van der Waals surface area contributed by atoms with Crippen LogP contribution in [0.2, 0.25) is 0 Å². The van der Waals surface area contributed by atoms with Gasteiger partial charge >= 0.3 is 0 Å². The molecular formula is C21H25N5OS. The fraction of sp³-hybridized carbons (Fsp3) is 0.286. The van der Waals surface area contributed by atoms with Crippen molar-refractivity contribution in [2.75, 3.05) is 24.5 Å². The number of rotatable bonds is 9. The van der Waals surface area contributed by atoms with Gasteiger partial charge in [-0.2, -0.15) is 5.10 Å². The first-order valence-electron chi connectivity index (χ1n) is 9.32. The number of aromatic amines is 1. The van der Waals surface area contributed by atoms with Crippen LogP contribution < -0.4 is 10.2 Å². The summed E-state index contributed by atoms with van der Waals surface area (Å²) in [6, 6.07) is 16.1. The highest BCUT2D eigenvalue weighted by molar-refractivity contribution is 7.98. The summed E-state index contributed by atoms with van der Waals surface area (Å²) >= 11 is 1.58. The lowest BCUT2D eigenvalue weighted by molar-refractivity contribution is 0.0954. The predicted molar refractivity (Wildman–Crippen MR) is 114 cm³/mol. The molecule has 0 unspecified atom stereocenters. The maximum Gasteiger partial charge on any atom is 0.251 e. The van der Waals surface area contributed by atoms with E-state index in [0.29, 0.717) is 12.1 Å². The van der Waals surface area contributed by atoms with Crippen molar-refractivity contribution >= 4 is 23.4 Å². The van der Waals surface area contributed by atoms with Crippen molar-refractivity contribution in [2.45, 2.75) is 24.8 Å². The third-order valence-corrected chi connectivity index (χ3v) is 5.35. The summed E-state index contributed by atoms with van der Waals surface area (Å²) in [7, 11) is 0. The Morgan fingerprint density at radius 2 is 2.04 bits per heavy atom. The third kappa shape index (κ3) is 5.60. The second-order valence-corrected chi connectivity index (χ2v) is 7.41. The van der Waals surface area contributed by atoms with Crippen LogP contribution in [0, 0.1) is 6.92 Å². The zero-order valence-electron chi connectivity index (χ0n) is 16.2. The average molecular weight is 396 g/mol. The zero-order chi connectivity index (χ0) is 19.8. The van der Waals surface area contributed by atoms with Gasteiger partial charge in [-0.3, -0.25) is 9.89 Å². The normalized spacial score (nSPS) is 10.6. The lowest BCUT2D eigenvalue weighted by Crippen LogP contribution is -2.35. The molecule has 7 heteroatoms. The van der Waals surface area contributed by atoms with Crippen molar-refractivity contribution in [2.24, 2.45) is 0 Å². The third-order valence-electron chi connectivity index (χ3n) is 4.40. The van der Waals surface area contributed by atoms with E-state index in [1.165, 1.54) is 17.6 Å². The van der Waals surface area contributed by atoms with Crippen LogP contribution in [0.5, 0.6) is 0 Å². The number of aromatic nitrogens is 3. The smallest absolute Gasteiger partial charge is 0.251 e. The maximum absolute atomic E-state index is 12.4. The van der Waals surface area contributed by atoms with Gasteiger partial charge in [-0.05, 0) is 49.2 Å². The molecule has 3 aromatic rings. The van der Waals surface area contributed by atoms with E-state index in [2.05, 4.69) is 63.5 Å². The fourth-order valence-corrected chi connectivity index (χ4v) is 3.60. The van der Waals surface area contributed by atoms with Crippen molar-refractivity contribution in [3.8, 4) is 0 Å². The topological polar surface area (TPSA) is 73.9 Å². The van der Waals surface area contributed by atoms with Gasteiger partial charge in [0.05, 0.1) is 0 Å². The average Bonchev–Trinajstić information content (AvgIpc) is 3.23. The molecule has 0 aliphatic heterocycles. The van der Waals surface area contributed by atoms with Gasteiger partial charge in [0, 0.05) is 36.6 Å². The van der Waals surface area contributed by atoms with Crippen molar-refractivity contribution < 1.29 is 4.79 Å². The summed E-state index contributed by atoms with van der Waals surface area (Å²) in [6.07, 6.45) is 1.49. The first-order valence-corrected chi connectivity index (χ1v) is 10.3. The molecule has 1 heterocycles. The van der Waals surface area contributed by atoms with E-state index < -0.39 is 0 Å². The summed E-state index contributed by atoms with van der Waals surface area (Å²) in [5.74, 6) is 0.730. The van der Waals surface area contributed by atoms with Crippen LogP contribution in [-0.2, 0) is 5.75 Å². The molecular weight excluding hydrogens is 370 g/mol. The molecule has 0 saturated heterocycles. The van der Waals surface area contributed by atoms with Gasteiger partial charge in [-0.15, -0.1) is 0 Å². The molecule has 0 bridgehead atoms. The SMILES string of the molecule is CCN(CCNC(=O)c1ccc(CSc2ncn[nH]2)cc1)c1cccc(C)c1. The molecule has 3 rings (SSSR count). The molecule has 0 aliphatic carbocycles. The van der Waals surface area contributed by atoms with Crippen LogP contribution >= 0.6 is 11.8 Å².